The molecule has 0 atom stereocenters. The lowest BCUT2D eigenvalue weighted by atomic mass is 10.1. The minimum atomic E-state index is -5.26. The standard InChI is InChI=1S/C22H18F3NO4S/c1-2-15-10-13-19(14-20(15)21(27)28)31(29,30)26(22(23,24)25)18-11-8-17(9-12-18)16-6-4-3-5-7-16/h3-14H,2H2,1H3,(H,27,28). The van der Waals surface area contributed by atoms with E-state index in [1.165, 1.54) is 18.2 Å². The molecule has 3 rings (SSSR count). The molecule has 31 heavy (non-hydrogen) atoms. The summed E-state index contributed by atoms with van der Waals surface area (Å²) in [5.74, 6) is -1.42. The zero-order chi connectivity index (χ0) is 22.8. The van der Waals surface area contributed by atoms with E-state index in [1.54, 1.807) is 37.3 Å². The number of benzene rings is 3. The Morgan fingerprint density at radius 2 is 1.52 bits per heavy atom. The highest BCUT2D eigenvalue weighted by atomic mass is 32.2. The van der Waals surface area contributed by atoms with Crippen LogP contribution in [0.5, 0.6) is 0 Å². The Bertz CT molecular complexity index is 1190. The number of aryl methyl sites for hydroxylation is 1. The van der Waals surface area contributed by atoms with E-state index in [2.05, 4.69) is 0 Å². The molecule has 0 radical (unpaired) electrons. The highest BCUT2D eigenvalue weighted by molar-refractivity contribution is 7.92. The summed E-state index contributed by atoms with van der Waals surface area (Å²) in [4.78, 5) is 10.7. The lowest BCUT2D eigenvalue weighted by molar-refractivity contribution is -0.115. The number of hydrogen-bond donors (Lipinski definition) is 1. The Morgan fingerprint density at radius 1 is 0.935 bits per heavy atom. The van der Waals surface area contributed by atoms with Crippen LogP contribution in [0.4, 0.5) is 18.9 Å². The number of halogens is 3. The maximum atomic E-state index is 13.8. The van der Waals surface area contributed by atoms with Crippen molar-refractivity contribution in [3.63, 3.8) is 0 Å². The highest BCUT2D eigenvalue weighted by Crippen LogP contribution is 2.36. The zero-order valence-corrected chi connectivity index (χ0v) is 17.1. The number of anilines is 1. The van der Waals surface area contributed by atoms with Gasteiger partial charge in [0.25, 0.3) is 10.0 Å². The van der Waals surface area contributed by atoms with Crippen LogP contribution in [0.25, 0.3) is 11.1 Å². The van der Waals surface area contributed by atoms with E-state index < -0.39 is 37.2 Å². The summed E-state index contributed by atoms with van der Waals surface area (Å²) in [7, 11) is -5.13. The Morgan fingerprint density at radius 3 is 2.03 bits per heavy atom. The van der Waals surface area contributed by atoms with Crippen molar-refractivity contribution < 1.29 is 31.5 Å². The number of carboxylic acids is 1. The Kier molecular flexibility index (Phi) is 6.08. The van der Waals surface area contributed by atoms with Crippen molar-refractivity contribution in [1.82, 2.24) is 0 Å². The summed E-state index contributed by atoms with van der Waals surface area (Å²) in [6.45, 7) is 1.66. The van der Waals surface area contributed by atoms with Gasteiger partial charge in [0.1, 0.15) is 0 Å². The number of aromatic carboxylic acids is 1. The third-order valence-electron chi connectivity index (χ3n) is 4.67. The van der Waals surface area contributed by atoms with Crippen molar-refractivity contribution in [2.24, 2.45) is 0 Å². The van der Waals surface area contributed by atoms with Crippen LogP contribution in [-0.4, -0.2) is 25.8 Å². The zero-order valence-electron chi connectivity index (χ0n) is 16.3. The van der Waals surface area contributed by atoms with Crippen molar-refractivity contribution >= 4 is 21.7 Å². The fourth-order valence-corrected chi connectivity index (χ4v) is 4.56. The van der Waals surface area contributed by atoms with Crippen molar-refractivity contribution in [2.45, 2.75) is 24.5 Å². The van der Waals surface area contributed by atoms with Gasteiger partial charge in [-0.2, -0.15) is 4.31 Å². The second-order valence-corrected chi connectivity index (χ2v) is 8.41. The van der Waals surface area contributed by atoms with Gasteiger partial charge in [0.05, 0.1) is 16.1 Å². The van der Waals surface area contributed by atoms with Crippen molar-refractivity contribution in [1.29, 1.82) is 0 Å². The van der Waals surface area contributed by atoms with Crippen LogP contribution in [0.2, 0.25) is 0 Å². The fourth-order valence-electron chi connectivity index (χ4n) is 3.17. The lowest BCUT2D eigenvalue weighted by Crippen LogP contribution is -2.43. The number of nitrogens with zero attached hydrogens (tertiary/aromatic N) is 1. The molecule has 0 fully saturated rings. The molecule has 0 saturated carbocycles. The van der Waals surface area contributed by atoms with E-state index in [-0.39, 0.29) is 12.0 Å². The van der Waals surface area contributed by atoms with Crippen LogP contribution in [0, 0.1) is 0 Å². The first-order chi connectivity index (χ1) is 14.6. The second kappa shape index (κ2) is 8.43. The smallest absolute Gasteiger partial charge is 0.478 e. The molecule has 3 aromatic rings. The van der Waals surface area contributed by atoms with E-state index in [9.17, 15) is 31.5 Å². The van der Waals surface area contributed by atoms with Crippen molar-refractivity contribution in [2.75, 3.05) is 4.31 Å². The molecule has 3 aromatic carbocycles. The van der Waals surface area contributed by atoms with Crippen LogP contribution in [0.15, 0.2) is 77.7 Å². The van der Waals surface area contributed by atoms with Gasteiger partial charge in [-0.25, -0.2) is 13.2 Å². The molecule has 0 saturated heterocycles. The quantitative estimate of drug-likeness (QED) is 0.516. The molecule has 162 valence electrons. The van der Waals surface area contributed by atoms with Crippen LogP contribution >= 0.6 is 0 Å². The molecular weight excluding hydrogens is 431 g/mol. The predicted molar refractivity (Wildman–Crippen MR) is 110 cm³/mol. The first-order valence-corrected chi connectivity index (χ1v) is 10.6. The summed E-state index contributed by atoms with van der Waals surface area (Å²) in [6, 6.07) is 16.7. The molecule has 0 aliphatic rings. The van der Waals surface area contributed by atoms with Crippen LogP contribution < -0.4 is 4.31 Å². The van der Waals surface area contributed by atoms with Gasteiger partial charge in [0.2, 0.25) is 0 Å². The van der Waals surface area contributed by atoms with E-state index in [4.69, 9.17) is 0 Å². The number of alkyl halides is 3. The Balaban J connectivity index is 2.09. The average Bonchev–Trinajstić information content (AvgIpc) is 2.73. The van der Waals surface area contributed by atoms with E-state index in [1.807, 2.05) is 0 Å². The first kappa shape index (κ1) is 22.4. The average molecular weight is 449 g/mol. The fraction of sp³-hybridized carbons (Fsp3) is 0.136. The lowest BCUT2D eigenvalue weighted by Gasteiger charge is -2.26. The summed E-state index contributed by atoms with van der Waals surface area (Å²) >= 11 is 0. The molecule has 0 heterocycles. The van der Waals surface area contributed by atoms with Gasteiger partial charge in [-0.15, -0.1) is 13.2 Å². The number of carboxylic acid groups (broad SMARTS) is 1. The molecule has 0 bridgehead atoms. The van der Waals surface area contributed by atoms with Gasteiger partial charge in [0.15, 0.2) is 0 Å². The summed E-state index contributed by atoms with van der Waals surface area (Å²) in [5.41, 5.74) is 0.729. The van der Waals surface area contributed by atoms with Crippen LogP contribution in [-0.2, 0) is 16.4 Å². The molecule has 9 heteroatoms. The predicted octanol–water partition coefficient (Wildman–Crippen LogP) is 5.33. The molecule has 0 aliphatic carbocycles. The van der Waals surface area contributed by atoms with Gasteiger partial charge in [-0.1, -0.05) is 55.5 Å². The van der Waals surface area contributed by atoms with Gasteiger partial charge in [-0.3, -0.25) is 0 Å². The van der Waals surface area contributed by atoms with Gasteiger partial charge < -0.3 is 5.11 Å². The van der Waals surface area contributed by atoms with Crippen LogP contribution in [0.3, 0.4) is 0 Å². The number of sulfonamides is 1. The highest BCUT2D eigenvalue weighted by Gasteiger charge is 2.46. The Hall–Kier alpha value is -3.33. The normalized spacial score (nSPS) is 11.9. The maximum Gasteiger partial charge on any atom is 0.498 e. The molecule has 0 amide bonds. The van der Waals surface area contributed by atoms with Gasteiger partial charge in [-0.05, 0) is 47.4 Å². The summed E-state index contributed by atoms with van der Waals surface area (Å²) in [6.07, 6.45) is -4.98. The molecule has 1 N–H and O–H groups in total. The molecule has 0 unspecified atom stereocenters. The summed E-state index contributed by atoms with van der Waals surface area (Å²) < 4.78 is 66.7. The monoisotopic (exact) mass is 449 g/mol. The third kappa shape index (κ3) is 4.56. The topological polar surface area (TPSA) is 74.7 Å². The number of carbonyl (C=O) groups is 1. The Labute approximate surface area is 177 Å². The van der Waals surface area contributed by atoms with Crippen molar-refractivity contribution in [3.05, 3.63) is 83.9 Å². The minimum Gasteiger partial charge on any atom is -0.478 e. The molecule has 0 spiro atoms. The van der Waals surface area contributed by atoms with E-state index in [0.717, 1.165) is 29.8 Å². The van der Waals surface area contributed by atoms with E-state index >= 15 is 0 Å². The minimum absolute atomic E-state index is 0.284. The SMILES string of the molecule is CCc1ccc(S(=O)(=O)N(c2ccc(-c3ccccc3)cc2)C(F)(F)F)cc1C(=O)O. The van der Waals surface area contributed by atoms with Gasteiger partial charge >= 0.3 is 12.3 Å². The molecular formula is C22H18F3NO4S. The molecule has 0 aromatic heterocycles. The second-order valence-electron chi connectivity index (χ2n) is 6.63. The number of rotatable bonds is 6. The molecule has 5 nitrogen and oxygen atoms in total. The number of hydrogen-bond acceptors (Lipinski definition) is 3. The van der Waals surface area contributed by atoms with E-state index in [0.29, 0.717) is 11.1 Å². The molecule has 0 aliphatic heterocycles. The largest absolute Gasteiger partial charge is 0.498 e. The van der Waals surface area contributed by atoms with Crippen LogP contribution in [0.1, 0.15) is 22.8 Å². The third-order valence-corrected chi connectivity index (χ3v) is 6.42. The van der Waals surface area contributed by atoms with Gasteiger partial charge in [0, 0.05) is 0 Å². The van der Waals surface area contributed by atoms with Crippen molar-refractivity contribution in [3.8, 4) is 11.1 Å². The first-order valence-electron chi connectivity index (χ1n) is 9.19. The maximum absolute atomic E-state index is 13.8. The summed E-state index contributed by atoms with van der Waals surface area (Å²) in [5, 5.41) is 9.31.